The van der Waals surface area contributed by atoms with Crippen LogP contribution in [0.1, 0.15) is 16.1 Å². The molecule has 0 spiro atoms. The highest BCUT2D eigenvalue weighted by Gasteiger charge is 2.26. The van der Waals surface area contributed by atoms with Crippen LogP contribution in [0.3, 0.4) is 0 Å². The molecule has 0 aliphatic carbocycles. The molecule has 0 N–H and O–H groups in total. The molecule has 0 unspecified atom stereocenters. The molecule has 0 atom stereocenters. The van der Waals surface area contributed by atoms with Gasteiger partial charge in [0.15, 0.2) is 17.1 Å². The molecule has 9 nitrogen and oxygen atoms in total. The number of methoxy groups -OCH3 is 1. The number of hydrogen-bond acceptors (Lipinski definition) is 7. The summed E-state index contributed by atoms with van der Waals surface area (Å²) in [5.74, 6) is -0.216. The van der Waals surface area contributed by atoms with Crippen LogP contribution in [-0.4, -0.2) is 42.7 Å². The first-order chi connectivity index (χ1) is 17.7. The molecular formula is C27H20N6O3. The lowest BCUT2D eigenvalue weighted by molar-refractivity contribution is 0.0585. The number of fused-ring (bicyclic) bond motifs is 3. The Hall–Kier alpha value is -5.05. The van der Waals surface area contributed by atoms with Gasteiger partial charge < -0.3 is 9.47 Å². The summed E-state index contributed by atoms with van der Waals surface area (Å²) in [6.07, 6.45) is 3.26. The third kappa shape index (κ3) is 3.63. The van der Waals surface area contributed by atoms with Crippen LogP contribution in [0.15, 0.2) is 91.4 Å². The number of benzene rings is 3. The van der Waals surface area contributed by atoms with Gasteiger partial charge in [-0.25, -0.2) is 19.0 Å². The van der Waals surface area contributed by atoms with Crippen molar-refractivity contribution in [2.75, 3.05) is 7.11 Å². The first-order valence-corrected chi connectivity index (χ1v) is 11.3. The average Bonchev–Trinajstić information content (AvgIpc) is 3.62. The molecular weight excluding hydrogens is 456 g/mol. The molecule has 0 saturated carbocycles. The van der Waals surface area contributed by atoms with E-state index in [4.69, 9.17) is 9.47 Å². The van der Waals surface area contributed by atoms with Crippen LogP contribution < -0.4 is 4.74 Å². The zero-order chi connectivity index (χ0) is 24.5. The highest BCUT2D eigenvalue weighted by Crippen LogP contribution is 2.38. The molecule has 0 radical (unpaired) electrons. The van der Waals surface area contributed by atoms with Crippen molar-refractivity contribution in [1.82, 2.24) is 29.6 Å². The fourth-order valence-corrected chi connectivity index (χ4v) is 4.24. The van der Waals surface area contributed by atoms with E-state index in [0.717, 1.165) is 22.2 Å². The van der Waals surface area contributed by atoms with Gasteiger partial charge in [0.05, 0.1) is 19.0 Å². The summed E-state index contributed by atoms with van der Waals surface area (Å²) in [6, 6.07) is 25.2. The Labute approximate surface area is 205 Å². The largest absolute Gasteiger partial charge is 0.486 e. The molecule has 36 heavy (non-hydrogen) atoms. The molecule has 0 saturated heterocycles. The Morgan fingerprint density at radius 1 is 0.944 bits per heavy atom. The first kappa shape index (κ1) is 21.5. The maximum atomic E-state index is 12.9. The molecule has 6 aromatic rings. The van der Waals surface area contributed by atoms with Crippen molar-refractivity contribution in [3.05, 3.63) is 103 Å². The van der Waals surface area contributed by atoms with Crippen molar-refractivity contribution in [3.63, 3.8) is 0 Å². The predicted molar refractivity (Wildman–Crippen MR) is 133 cm³/mol. The lowest BCUT2D eigenvalue weighted by Gasteiger charge is -2.16. The molecule has 0 bridgehead atoms. The normalized spacial score (nSPS) is 11.1. The van der Waals surface area contributed by atoms with E-state index in [2.05, 4.69) is 20.4 Å². The molecule has 0 fully saturated rings. The van der Waals surface area contributed by atoms with E-state index in [1.54, 1.807) is 4.68 Å². The fraction of sp³-hybridized carbons (Fsp3) is 0.0741. The molecule has 9 heteroatoms. The molecule has 6 rings (SSSR count). The third-order valence-electron chi connectivity index (χ3n) is 5.90. The van der Waals surface area contributed by atoms with Crippen LogP contribution in [0.5, 0.6) is 5.75 Å². The second-order valence-corrected chi connectivity index (χ2v) is 8.05. The standard InChI is InChI=1S/C27H20N6O3/c1-35-27(34)24-25(36-16-18-9-4-2-5-10-18)21-14-8-13-20(23(21)26-28-17-29-33(24)26)22-15-32(31-30-22)19-11-6-3-7-12-19/h2-15,17H,16H2,1H3. The van der Waals surface area contributed by atoms with Crippen molar-refractivity contribution in [1.29, 1.82) is 0 Å². The smallest absolute Gasteiger partial charge is 0.360 e. The van der Waals surface area contributed by atoms with Gasteiger partial charge in [-0.15, -0.1) is 5.10 Å². The third-order valence-corrected chi connectivity index (χ3v) is 5.90. The highest BCUT2D eigenvalue weighted by atomic mass is 16.5. The maximum Gasteiger partial charge on any atom is 0.360 e. The summed E-state index contributed by atoms with van der Waals surface area (Å²) in [7, 11) is 1.33. The molecule has 3 aromatic heterocycles. The van der Waals surface area contributed by atoms with E-state index >= 15 is 0 Å². The van der Waals surface area contributed by atoms with Crippen LogP contribution in [0.4, 0.5) is 0 Å². The number of carbonyl (C=O) groups excluding carboxylic acids is 1. The van der Waals surface area contributed by atoms with Crippen molar-refractivity contribution in [2.45, 2.75) is 6.61 Å². The van der Waals surface area contributed by atoms with Gasteiger partial charge in [-0.2, -0.15) is 5.10 Å². The van der Waals surface area contributed by atoms with Crippen LogP contribution in [-0.2, 0) is 11.3 Å². The molecule has 0 amide bonds. The summed E-state index contributed by atoms with van der Waals surface area (Å²) in [5.41, 5.74) is 3.94. The first-order valence-electron chi connectivity index (χ1n) is 11.3. The van der Waals surface area contributed by atoms with E-state index in [0.29, 0.717) is 22.5 Å². The number of ether oxygens (including phenoxy) is 2. The minimum atomic E-state index is -0.573. The number of nitrogens with zero attached hydrogens (tertiary/aromatic N) is 6. The lowest BCUT2D eigenvalue weighted by atomic mass is 10.0. The van der Waals surface area contributed by atoms with E-state index < -0.39 is 5.97 Å². The van der Waals surface area contributed by atoms with Gasteiger partial charge in [0.1, 0.15) is 18.6 Å². The minimum absolute atomic E-state index is 0.165. The van der Waals surface area contributed by atoms with Crippen LogP contribution in [0.25, 0.3) is 33.4 Å². The predicted octanol–water partition coefficient (Wildman–Crippen LogP) is 4.50. The van der Waals surface area contributed by atoms with Crippen LogP contribution in [0, 0.1) is 0 Å². The summed E-state index contributed by atoms with van der Waals surface area (Å²) >= 11 is 0. The van der Waals surface area contributed by atoms with Crippen LogP contribution in [0.2, 0.25) is 0 Å². The summed E-state index contributed by atoms with van der Waals surface area (Å²) in [4.78, 5) is 17.4. The summed E-state index contributed by atoms with van der Waals surface area (Å²) < 4.78 is 14.5. The van der Waals surface area contributed by atoms with E-state index in [9.17, 15) is 4.79 Å². The summed E-state index contributed by atoms with van der Waals surface area (Å²) in [5, 5.41) is 14.5. The number of esters is 1. The average molecular weight is 476 g/mol. The molecule has 3 heterocycles. The van der Waals surface area contributed by atoms with Gasteiger partial charge in [-0.05, 0) is 17.7 Å². The van der Waals surface area contributed by atoms with Crippen molar-refractivity contribution in [2.24, 2.45) is 0 Å². The molecule has 0 aliphatic rings. The Kier molecular flexibility index (Phi) is 5.34. The van der Waals surface area contributed by atoms with E-state index in [-0.39, 0.29) is 12.3 Å². The maximum absolute atomic E-state index is 12.9. The minimum Gasteiger partial charge on any atom is -0.486 e. The van der Waals surface area contributed by atoms with E-state index in [1.807, 2.05) is 85.1 Å². The monoisotopic (exact) mass is 476 g/mol. The number of para-hydroxylation sites is 1. The lowest BCUT2D eigenvalue weighted by Crippen LogP contribution is -2.13. The fourth-order valence-electron chi connectivity index (χ4n) is 4.24. The molecule has 0 aliphatic heterocycles. The number of rotatable bonds is 6. The quantitative estimate of drug-likeness (QED) is 0.327. The number of aromatic nitrogens is 6. The molecule has 3 aromatic carbocycles. The van der Waals surface area contributed by atoms with Crippen LogP contribution >= 0.6 is 0 Å². The topological polar surface area (TPSA) is 96.4 Å². The van der Waals surface area contributed by atoms with Gasteiger partial charge in [0.25, 0.3) is 0 Å². The second kappa shape index (κ2) is 8.95. The van der Waals surface area contributed by atoms with Crippen molar-refractivity contribution in [3.8, 4) is 22.7 Å². The van der Waals surface area contributed by atoms with Gasteiger partial charge in [-0.3, -0.25) is 0 Å². The highest BCUT2D eigenvalue weighted by molar-refractivity contribution is 6.11. The zero-order valence-electron chi connectivity index (χ0n) is 19.3. The van der Waals surface area contributed by atoms with Gasteiger partial charge in [-0.1, -0.05) is 71.9 Å². The Balaban J connectivity index is 1.57. The second-order valence-electron chi connectivity index (χ2n) is 8.05. The zero-order valence-corrected chi connectivity index (χ0v) is 19.3. The van der Waals surface area contributed by atoms with Gasteiger partial charge >= 0.3 is 5.97 Å². The Bertz CT molecular complexity index is 1690. The van der Waals surface area contributed by atoms with Gasteiger partial charge in [0, 0.05) is 16.3 Å². The SMILES string of the molecule is COC(=O)c1c(OCc2ccccc2)c2cccc(-c3cn(-c4ccccc4)nn3)c2c2ncnn12. The Morgan fingerprint density at radius 3 is 2.50 bits per heavy atom. The van der Waals surface area contributed by atoms with Gasteiger partial charge in [0.2, 0.25) is 0 Å². The van der Waals surface area contributed by atoms with E-state index in [1.165, 1.54) is 18.0 Å². The number of pyridine rings is 1. The van der Waals surface area contributed by atoms with Crippen molar-refractivity contribution < 1.29 is 14.3 Å². The number of hydrogen-bond donors (Lipinski definition) is 0. The number of carbonyl (C=O) groups is 1. The summed E-state index contributed by atoms with van der Waals surface area (Å²) in [6.45, 7) is 0.258. The van der Waals surface area contributed by atoms with Crippen molar-refractivity contribution >= 4 is 22.4 Å². The Morgan fingerprint density at radius 2 is 1.72 bits per heavy atom. The molecule has 176 valence electrons.